The number of benzene rings is 2. The number of likely N-dealkylation sites (tertiary alicyclic amines) is 1. The molecule has 1 fully saturated rings. The fourth-order valence-electron chi connectivity index (χ4n) is 4.17. The minimum absolute atomic E-state index is 0.109. The number of fused-ring (bicyclic) bond motifs is 1. The molecule has 2 aromatic carbocycles. The van der Waals surface area contributed by atoms with Crippen molar-refractivity contribution in [2.24, 2.45) is 0 Å². The predicted molar refractivity (Wildman–Crippen MR) is 126 cm³/mol. The molecule has 0 spiro atoms. The molecule has 4 nitrogen and oxygen atoms in total. The fourth-order valence-corrected chi connectivity index (χ4v) is 4.71. The molecule has 0 unspecified atom stereocenters. The van der Waals surface area contributed by atoms with Gasteiger partial charge in [-0.15, -0.1) is 0 Å². The average molecular weight is 490 g/mol. The number of halogens is 2. The molecule has 1 aromatic heterocycles. The van der Waals surface area contributed by atoms with E-state index in [4.69, 9.17) is 16.3 Å². The van der Waals surface area contributed by atoms with Gasteiger partial charge in [-0.25, -0.2) is 0 Å². The van der Waals surface area contributed by atoms with Gasteiger partial charge in [0.15, 0.2) is 5.78 Å². The van der Waals surface area contributed by atoms with Gasteiger partial charge in [0.05, 0.1) is 5.02 Å². The van der Waals surface area contributed by atoms with E-state index in [1.165, 1.54) is 0 Å². The number of carbonyl (C=O) groups excluding carboxylic acids is 1. The van der Waals surface area contributed by atoms with Crippen LogP contribution in [0.5, 0.6) is 5.75 Å². The third-order valence-corrected chi connectivity index (χ3v) is 6.57. The van der Waals surface area contributed by atoms with Crippen LogP contribution in [-0.2, 0) is 6.54 Å². The lowest BCUT2D eigenvalue weighted by Crippen LogP contribution is -2.39. The maximum atomic E-state index is 12.0. The lowest BCUT2D eigenvalue weighted by Gasteiger charge is -2.32. The first-order valence-electron chi connectivity index (χ1n) is 10.4. The van der Waals surface area contributed by atoms with Crippen molar-refractivity contribution in [2.45, 2.75) is 38.8 Å². The lowest BCUT2D eigenvalue weighted by molar-refractivity contribution is 0.0994. The largest absolute Gasteiger partial charge is 0.489 e. The quantitative estimate of drug-likeness (QED) is 0.371. The highest BCUT2D eigenvalue weighted by Gasteiger charge is 2.21. The van der Waals surface area contributed by atoms with Gasteiger partial charge < -0.3 is 14.2 Å². The van der Waals surface area contributed by atoms with Gasteiger partial charge in [0, 0.05) is 46.8 Å². The van der Waals surface area contributed by atoms with E-state index in [1.807, 2.05) is 42.6 Å². The first-order valence-corrected chi connectivity index (χ1v) is 11.6. The molecule has 2 heterocycles. The molecule has 30 heavy (non-hydrogen) atoms. The Hall–Kier alpha value is -1.82. The topological polar surface area (TPSA) is 34.5 Å². The van der Waals surface area contributed by atoms with Crippen LogP contribution in [-0.4, -0.2) is 41.0 Å². The number of hydrogen-bond acceptors (Lipinski definition) is 3. The SMILES string of the molecule is CC(=O)c1cn(CCCN2CCC(Oc3ccccc3Cl)CC2)c2ccc(Br)cc12. The number of hydrogen-bond donors (Lipinski definition) is 0. The molecule has 0 saturated carbocycles. The van der Waals surface area contributed by atoms with E-state index in [2.05, 4.69) is 31.5 Å². The van der Waals surface area contributed by atoms with E-state index >= 15 is 0 Å². The standard InChI is InChI=1S/C24H26BrClN2O2/c1-17(29)21-16-28(23-8-7-18(25)15-20(21)23)12-4-11-27-13-9-19(10-14-27)30-24-6-3-2-5-22(24)26/h2-3,5-8,15-16,19H,4,9-14H2,1H3. The van der Waals surface area contributed by atoms with Gasteiger partial charge in [0.25, 0.3) is 0 Å². The normalized spacial score (nSPS) is 15.6. The molecule has 3 aromatic rings. The number of ether oxygens (including phenoxy) is 1. The molecule has 0 bridgehead atoms. The van der Waals surface area contributed by atoms with Crippen LogP contribution >= 0.6 is 27.5 Å². The molecular weight excluding hydrogens is 464 g/mol. The predicted octanol–water partition coefficient (Wildman–Crippen LogP) is 6.19. The molecule has 1 saturated heterocycles. The summed E-state index contributed by atoms with van der Waals surface area (Å²) >= 11 is 9.72. The van der Waals surface area contributed by atoms with Gasteiger partial charge in [-0.05, 0) is 63.1 Å². The molecule has 0 aliphatic carbocycles. The molecule has 1 aliphatic rings. The highest BCUT2D eigenvalue weighted by atomic mass is 79.9. The zero-order valence-electron chi connectivity index (χ0n) is 17.1. The summed E-state index contributed by atoms with van der Waals surface area (Å²) in [6.07, 6.45) is 5.31. The second-order valence-corrected chi connectivity index (χ2v) is 9.22. The highest BCUT2D eigenvalue weighted by molar-refractivity contribution is 9.10. The summed E-state index contributed by atoms with van der Waals surface area (Å²) in [6.45, 7) is 5.65. The number of rotatable bonds is 7. The van der Waals surface area contributed by atoms with Crippen molar-refractivity contribution in [2.75, 3.05) is 19.6 Å². The maximum absolute atomic E-state index is 12.0. The minimum Gasteiger partial charge on any atom is -0.489 e. The summed E-state index contributed by atoms with van der Waals surface area (Å²) in [7, 11) is 0. The summed E-state index contributed by atoms with van der Waals surface area (Å²) in [4.78, 5) is 14.5. The highest BCUT2D eigenvalue weighted by Crippen LogP contribution is 2.28. The molecule has 6 heteroatoms. The molecule has 0 radical (unpaired) electrons. The Bertz CT molecular complexity index is 1040. The number of piperidine rings is 1. The van der Waals surface area contributed by atoms with Crippen molar-refractivity contribution in [3.63, 3.8) is 0 Å². The molecule has 1 aliphatic heterocycles. The monoisotopic (exact) mass is 488 g/mol. The number of ketones is 1. The van der Waals surface area contributed by atoms with E-state index in [0.717, 1.165) is 72.1 Å². The summed E-state index contributed by atoms with van der Waals surface area (Å²) in [5, 5.41) is 1.70. The van der Waals surface area contributed by atoms with Crippen LogP contribution in [0.4, 0.5) is 0 Å². The first-order chi connectivity index (χ1) is 14.5. The third kappa shape index (κ3) is 4.90. The zero-order chi connectivity index (χ0) is 21.1. The van der Waals surface area contributed by atoms with E-state index < -0.39 is 0 Å². The van der Waals surface area contributed by atoms with Gasteiger partial charge >= 0.3 is 0 Å². The number of para-hydroxylation sites is 1. The maximum Gasteiger partial charge on any atom is 0.161 e. The Kier molecular flexibility index (Phi) is 6.81. The first kappa shape index (κ1) is 21.4. The molecule has 0 atom stereocenters. The number of carbonyl (C=O) groups is 1. The van der Waals surface area contributed by atoms with Crippen molar-refractivity contribution in [3.8, 4) is 5.75 Å². The molecular formula is C24H26BrClN2O2. The van der Waals surface area contributed by atoms with E-state index in [1.54, 1.807) is 6.92 Å². The van der Waals surface area contributed by atoms with Gasteiger partial charge in [-0.1, -0.05) is 39.7 Å². The second kappa shape index (κ2) is 9.54. The van der Waals surface area contributed by atoms with Crippen molar-refractivity contribution in [1.29, 1.82) is 0 Å². The Balaban J connectivity index is 1.30. The Morgan fingerprint density at radius 1 is 1.17 bits per heavy atom. The Morgan fingerprint density at radius 3 is 2.67 bits per heavy atom. The lowest BCUT2D eigenvalue weighted by atomic mass is 10.1. The molecule has 0 N–H and O–H groups in total. The van der Waals surface area contributed by atoms with Crippen LogP contribution in [0.3, 0.4) is 0 Å². The van der Waals surface area contributed by atoms with Gasteiger partial charge in [0.2, 0.25) is 0 Å². The van der Waals surface area contributed by atoms with Crippen molar-refractivity contribution in [3.05, 3.63) is 63.7 Å². The average Bonchev–Trinajstić information content (AvgIpc) is 3.09. The minimum atomic E-state index is 0.109. The molecule has 158 valence electrons. The summed E-state index contributed by atoms with van der Waals surface area (Å²) < 4.78 is 9.30. The number of aromatic nitrogens is 1. The second-order valence-electron chi connectivity index (χ2n) is 7.90. The molecule has 0 amide bonds. The van der Waals surface area contributed by atoms with Crippen LogP contribution in [0.25, 0.3) is 10.9 Å². The van der Waals surface area contributed by atoms with Crippen molar-refractivity contribution in [1.82, 2.24) is 9.47 Å². The van der Waals surface area contributed by atoms with Crippen LogP contribution in [0, 0.1) is 0 Å². The van der Waals surface area contributed by atoms with Crippen molar-refractivity contribution >= 4 is 44.2 Å². The van der Waals surface area contributed by atoms with E-state index in [-0.39, 0.29) is 11.9 Å². The smallest absolute Gasteiger partial charge is 0.161 e. The van der Waals surface area contributed by atoms with E-state index in [0.29, 0.717) is 5.02 Å². The number of Topliss-reactive ketones (excluding diaryl/α,β-unsaturated/α-hetero) is 1. The Labute approximate surface area is 190 Å². The van der Waals surface area contributed by atoms with Gasteiger partial charge in [0.1, 0.15) is 11.9 Å². The van der Waals surface area contributed by atoms with E-state index in [9.17, 15) is 4.79 Å². The van der Waals surface area contributed by atoms with Crippen LogP contribution in [0.1, 0.15) is 36.5 Å². The number of aryl methyl sites for hydroxylation is 1. The van der Waals surface area contributed by atoms with Gasteiger partial charge in [-0.3, -0.25) is 4.79 Å². The summed E-state index contributed by atoms with van der Waals surface area (Å²) in [5.41, 5.74) is 1.92. The third-order valence-electron chi connectivity index (χ3n) is 5.76. The van der Waals surface area contributed by atoms with Crippen LogP contribution in [0.2, 0.25) is 5.02 Å². The number of nitrogens with zero attached hydrogens (tertiary/aromatic N) is 2. The van der Waals surface area contributed by atoms with Crippen molar-refractivity contribution < 1.29 is 9.53 Å². The Morgan fingerprint density at radius 2 is 1.93 bits per heavy atom. The zero-order valence-corrected chi connectivity index (χ0v) is 19.5. The summed E-state index contributed by atoms with van der Waals surface area (Å²) in [6, 6.07) is 13.8. The van der Waals surface area contributed by atoms with Crippen LogP contribution < -0.4 is 4.74 Å². The fraction of sp³-hybridized carbons (Fsp3) is 0.375. The van der Waals surface area contributed by atoms with Gasteiger partial charge in [-0.2, -0.15) is 0 Å². The van der Waals surface area contributed by atoms with Crippen LogP contribution in [0.15, 0.2) is 53.1 Å². The molecule has 4 rings (SSSR count). The summed E-state index contributed by atoms with van der Waals surface area (Å²) in [5.74, 6) is 0.891.